The first-order valence-electron chi connectivity index (χ1n) is 9.52. The highest BCUT2D eigenvalue weighted by atomic mass is 127. The van der Waals surface area contributed by atoms with Crippen LogP contribution >= 0.6 is 24.0 Å². The molecule has 1 fully saturated rings. The summed E-state index contributed by atoms with van der Waals surface area (Å²) in [4.78, 5) is 9.18. The van der Waals surface area contributed by atoms with Crippen molar-refractivity contribution >= 4 is 29.9 Å². The van der Waals surface area contributed by atoms with Gasteiger partial charge in [-0.15, -0.1) is 24.0 Å². The molecule has 0 amide bonds. The lowest BCUT2D eigenvalue weighted by molar-refractivity contribution is 0.324. The van der Waals surface area contributed by atoms with Crippen molar-refractivity contribution in [3.8, 4) is 5.75 Å². The van der Waals surface area contributed by atoms with Crippen LogP contribution in [0.2, 0.25) is 0 Å². The summed E-state index contributed by atoms with van der Waals surface area (Å²) in [5, 5.41) is 3.55. The maximum Gasteiger partial charge on any atom is 0.193 e. The summed E-state index contributed by atoms with van der Waals surface area (Å²) in [5.74, 6) is 2.61. The molecule has 1 atom stereocenters. The summed E-state index contributed by atoms with van der Waals surface area (Å²) < 4.78 is 5.50. The van der Waals surface area contributed by atoms with Crippen molar-refractivity contribution in [3.05, 3.63) is 29.8 Å². The molecule has 0 radical (unpaired) electrons. The molecular weight excluding hydrogens is 439 g/mol. The van der Waals surface area contributed by atoms with Gasteiger partial charge in [0, 0.05) is 33.7 Å². The number of hydrogen-bond acceptors (Lipinski definition) is 3. The molecule has 0 aromatic heterocycles. The smallest absolute Gasteiger partial charge is 0.193 e. The monoisotopic (exact) mass is 474 g/mol. The Kier molecular flexibility index (Phi) is 11.0. The predicted molar refractivity (Wildman–Crippen MR) is 121 cm³/mol. The third kappa shape index (κ3) is 7.31. The van der Waals surface area contributed by atoms with E-state index < -0.39 is 0 Å². The maximum absolute atomic E-state index is 5.50. The highest BCUT2D eigenvalue weighted by Gasteiger charge is 2.22. The van der Waals surface area contributed by atoms with E-state index in [1.165, 1.54) is 38.0 Å². The standard InChI is InChI=1S/C20H34N4O.HI/c1-5-12-24-13-11-18(16-24)14-22-20(21-3)23(4)15-17-7-9-19(10-8-17)25-6-2;/h7-10,18H,5-6,11-16H2,1-4H3,(H,21,22);1H. The Balaban J connectivity index is 0.00000338. The normalized spacial score (nSPS) is 17.7. The van der Waals surface area contributed by atoms with Crippen LogP contribution < -0.4 is 10.1 Å². The number of hydrogen-bond donors (Lipinski definition) is 1. The number of benzene rings is 1. The summed E-state index contributed by atoms with van der Waals surface area (Å²) in [6.07, 6.45) is 2.53. The van der Waals surface area contributed by atoms with E-state index in [1.54, 1.807) is 0 Å². The maximum atomic E-state index is 5.50. The summed E-state index contributed by atoms with van der Waals surface area (Å²) >= 11 is 0. The summed E-state index contributed by atoms with van der Waals surface area (Å²) in [6.45, 7) is 10.5. The van der Waals surface area contributed by atoms with Crippen LogP contribution in [0.25, 0.3) is 0 Å². The molecular formula is C20H35IN4O. The van der Waals surface area contributed by atoms with Crippen molar-refractivity contribution in [2.24, 2.45) is 10.9 Å². The lowest BCUT2D eigenvalue weighted by Crippen LogP contribution is -2.41. The Hall–Kier alpha value is -1.02. The van der Waals surface area contributed by atoms with Gasteiger partial charge < -0.3 is 19.9 Å². The van der Waals surface area contributed by atoms with Crippen LogP contribution in [0.15, 0.2) is 29.3 Å². The summed E-state index contributed by atoms with van der Waals surface area (Å²) in [5.41, 5.74) is 1.25. The Morgan fingerprint density at radius 3 is 2.65 bits per heavy atom. The van der Waals surface area contributed by atoms with Crippen LogP contribution in [0.3, 0.4) is 0 Å². The van der Waals surface area contributed by atoms with Gasteiger partial charge in [-0.1, -0.05) is 19.1 Å². The minimum Gasteiger partial charge on any atom is -0.494 e. The second kappa shape index (κ2) is 12.4. The first kappa shape index (κ1) is 23.0. The molecule has 2 rings (SSSR count). The Morgan fingerprint density at radius 1 is 1.31 bits per heavy atom. The number of halogens is 1. The molecule has 1 saturated heterocycles. The number of aliphatic imine (C=N–C) groups is 1. The van der Waals surface area contributed by atoms with Gasteiger partial charge in [-0.2, -0.15) is 0 Å². The fourth-order valence-electron chi connectivity index (χ4n) is 3.43. The first-order chi connectivity index (χ1) is 12.2. The molecule has 1 aromatic rings. The lowest BCUT2D eigenvalue weighted by atomic mass is 10.1. The van der Waals surface area contributed by atoms with Crippen molar-refractivity contribution in [1.82, 2.24) is 15.1 Å². The highest BCUT2D eigenvalue weighted by molar-refractivity contribution is 14.0. The van der Waals surface area contributed by atoms with Gasteiger partial charge in [0.1, 0.15) is 5.75 Å². The Morgan fingerprint density at radius 2 is 2.04 bits per heavy atom. The Bertz CT molecular complexity index is 535. The number of nitrogens with zero attached hydrogens (tertiary/aromatic N) is 3. The molecule has 1 aliphatic rings. The molecule has 0 spiro atoms. The van der Waals surface area contributed by atoms with Crippen molar-refractivity contribution in [1.29, 1.82) is 0 Å². The van der Waals surface area contributed by atoms with E-state index in [0.717, 1.165) is 30.7 Å². The number of ether oxygens (including phenoxy) is 1. The van der Waals surface area contributed by atoms with E-state index in [2.05, 4.69) is 46.2 Å². The first-order valence-corrected chi connectivity index (χ1v) is 9.52. The summed E-state index contributed by atoms with van der Waals surface area (Å²) in [6, 6.07) is 8.30. The van der Waals surface area contributed by atoms with Crippen LogP contribution in [0, 0.1) is 5.92 Å². The molecule has 0 aliphatic carbocycles. The average Bonchev–Trinajstić information content (AvgIpc) is 3.05. The quantitative estimate of drug-likeness (QED) is 0.356. The van der Waals surface area contributed by atoms with Gasteiger partial charge in [0.05, 0.1) is 6.61 Å². The number of likely N-dealkylation sites (tertiary alicyclic amines) is 1. The van der Waals surface area contributed by atoms with Gasteiger partial charge in [-0.05, 0) is 56.5 Å². The van der Waals surface area contributed by atoms with E-state index in [1.807, 2.05) is 26.1 Å². The molecule has 1 unspecified atom stereocenters. The molecule has 1 aliphatic heterocycles. The van der Waals surface area contributed by atoms with Crippen LogP contribution in [0.5, 0.6) is 5.75 Å². The van der Waals surface area contributed by atoms with Crippen molar-refractivity contribution in [3.63, 3.8) is 0 Å². The van der Waals surface area contributed by atoms with Gasteiger partial charge in [0.2, 0.25) is 0 Å². The number of rotatable bonds is 8. The van der Waals surface area contributed by atoms with Crippen LogP contribution in [0.4, 0.5) is 0 Å². The van der Waals surface area contributed by atoms with Crippen LogP contribution in [-0.4, -0.2) is 62.6 Å². The Labute approximate surface area is 176 Å². The van der Waals surface area contributed by atoms with Gasteiger partial charge >= 0.3 is 0 Å². The van der Waals surface area contributed by atoms with Gasteiger partial charge in [0.25, 0.3) is 0 Å². The highest BCUT2D eigenvalue weighted by Crippen LogP contribution is 2.16. The van der Waals surface area contributed by atoms with Crippen molar-refractivity contribution < 1.29 is 4.74 Å². The molecule has 0 saturated carbocycles. The zero-order valence-corrected chi connectivity index (χ0v) is 19.0. The molecule has 1 N–H and O–H groups in total. The topological polar surface area (TPSA) is 40.1 Å². The van der Waals surface area contributed by atoms with E-state index >= 15 is 0 Å². The zero-order valence-electron chi connectivity index (χ0n) is 16.7. The molecule has 26 heavy (non-hydrogen) atoms. The van der Waals surface area contributed by atoms with Gasteiger partial charge in [-0.3, -0.25) is 4.99 Å². The molecule has 6 heteroatoms. The predicted octanol–water partition coefficient (Wildman–Crippen LogP) is 3.44. The lowest BCUT2D eigenvalue weighted by Gasteiger charge is -2.24. The van der Waals surface area contributed by atoms with Crippen LogP contribution in [-0.2, 0) is 6.54 Å². The fourth-order valence-corrected chi connectivity index (χ4v) is 3.43. The van der Waals surface area contributed by atoms with E-state index in [4.69, 9.17) is 4.74 Å². The SMILES string of the molecule is CCCN1CCC(CNC(=NC)N(C)Cc2ccc(OCC)cc2)C1.I. The average molecular weight is 474 g/mol. The van der Waals surface area contributed by atoms with Gasteiger partial charge in [0.15, 0.2) is 5.96 Å². The van der Waals surface area contributed by atoms with E-state index in [9.17, 15) is 0 Å². The largest absolute Gasteiger partial charge is 0.494 e. The third-order valence-electron chi connectivity index (χ3n) is 4.69. The number of nitrogens with one attached hydrogen (secondary N) is 1. The molecule has 0 bridgehead atoms. The van der Waals surface area contributed by atoms with E-state index in [-0.39, 0.29) is 24.0 Å². The zero-order chi connectivity index (χ0) is 18.1. The molecule has 1 aromatic carbocycles. The third-order valence-corrected chi connectivity index (χ3v) is 4.69. The van der Waals surface area contributed by atoms with Crippen LogP contribution in [0.1, 0.15) is 32.3 Å². The second-order valence-electron chi connectivity index (χ2n) is 6.82. The molecule has 1 heterocycles. The molecule has 148 valence electrons. The summed E-state index contributed by atoms with van der Waals surface area (Å²) in [7, 11) is 3.94. The second-order valence-corrected chi connectivity index (χ2v) is 6.82. The molecule has 5 nitrogen and oxygen atoms in total. The minimum atomic E-state index is 0. The number of guanidine groups is 1. The van der Waals surface area contributed by atoms with E-state index in [0.29, 0.717) is 6.61 Å². The van der Waals surface area contributed by atoms with Crippen molar-refractivity contribution in [2.45, 2.75) is 33.2 Å². The fraction of sp³-hybridized carbons (Fsp3) is 0.650. The van der Waals surface area contributed by atoms with Crippen molar-refractivity contribution in [2.75, 3.05) is 46.9 Å². The minimum absolute atomic E-state index is 0. The van der Waals surface area contributed by atoms with Gasteiger partial charge in [-0.25, -0.2) is 0 Å².